The van der Waals surface area contributed by atoms with Crippen LogP contribution in [0.4, 0.5) is 0 Å². The molecule has 0 saturated heterocycles. The molecule has 0 amide bonds. The van der Waals surface area contributed by atoms with Crippen molar-refractivity contribution in [3.8, 4) is 29.0 Å². The van der Waals surface area contributed by atoms with Crippen molar-refractivity contribution in [1.82, 2.24) is 29.5 Å². The molecular formula is C20H13ClN6O. The highest BCUT2D eigenvalue weighted by Gasteiger charge is 2.22. The molecule has 0 aliphatic carbocycles. The van der Waals surface area contributed by atoms with Gasteiger partial charge in [-0.05, 0) is 42.2 Å². The first-order valence-electron chi connectivity index (χ1n) is 8.51. The van der Waals surface area contributed by atoms with E-state index in [0.29, 0.717) is 28.6 Å². The van der Waals surface area contributed by atoms with Crippen molar-refractivity contribution >= 4 is 11.6 Å². The fourth-order valence-corrected chi connectivity index (χ4v) is 3.34. The summed E-state index contributed by atoms with van der Waals surface area (Å²) >= 11 is 6.21. The van der Waals surface area contributed by atoms with Gasteiger partial charge in [0, 0.05) is 11.4 Å². The molecule has 0 N–H and O–H groups in total. The quantitative estimate of drug-likeness (QED) is 0.413. The molecule has 3 aromatic heterocycles. The van der Waals surface area contributed by atoms with E-state index in [1.807, 2.05) is 34.9 Å². The maximum Gasteiger partial charge on any atom is 0.137 e. The van der Waals surface area contributed by atoms with Crippen LogP contribution in [0.2, 0.25) is 5.02 Å². The van der Waals surface area contributed by atoms with Crippen LogP contribution < -0.4 is 4.74 Å². The summed E-state index contributed by atoms with van der Waals surface area (Å²) in [5.41, 5.74) is 5.02. The number of rotatable bonds is 1. The lowest BCUT2D eigenvalue weighted by molar-refractivity contribution is 0.413. The van der Waals surface area contributed by atoms with Gasteiger partial charge in [-0.3, -0.25) is 4.57 Å². The molecular weight excluding hydrogens is 376 g/mol. The molecule has 4 aromatic rings. The van der Waals surface area contributed by atoms with Crippen molar-refractivity contribution in [2.75, 3.05) is 7.11 Å². The number of methoxy groups -OCH3 is 1. The molecule has 1 aliphatic heterocycles. The molecule has 28 heavy (non-hydrogen) atoms. The van der Waals surface area contributed by atoms with Crippen LogP contribution in [-0.2, 0) is 6.42 Å². The van der Waals surface area contributed by atoms with Gasteiger partial charge >= 0.3 is 0 Å². The number of fused-ring (bicyclic) bond motifs is 5. The van der Waals surface area contributed by atoms with Gasteiger partial charge in [0.1, 0.15) is 23.5 Å². The summed E-state index contributed by atoms with van der Waals surface area (Å²) in [5, 5.41) is 8.90. The number of nitrogens with zero attached hydrogens (tertiary/aromatic N) is 6. The summed E-state index contributed by atoms with van der Waals surface area (Å²) in [6.45, 7) is 0. The summed E-state index contributed by atoms with van der Waals surface area (Å²) in [4.78, 5) is 8.80. The average molecular weight is 389 g/mol. The van der Waals surface area contributed by atoms with E-state index >= 15 is 0 Å². The van der Waals surface area contributed by atoms with Gasteiger partial charge in [0.25, 0.3) is 0 Å². The van der Waals surface area contributed by atoms with E-state index in [-0.39, 0.29) is 0 Å². The van der Waals surface area contributed by atoms with E-state index < -0.39 is 0 Å². The molecule has 7 nitrogen and oxygen atoms in total. The Labute approximate surface area is 165 Å². The van der Waals surface area contributed by atoms with Crippen LogP contribution in [0, 0.1) is 11.8 Å². The molecule has 0 unspecified atom stereocenters. The number of halogens is 1. The van der Waals surface area contributed by atoms with Gasteiger partial charge < -0.3 is 4.74 Å². The molecule has 1 aliphatic rings. The van der Waals surface area contributed by atoms with Crippen molar-refractivity contribution in [1.29, 1.82) is 0 Å². The number of imidazole rings is 1. The molecule has 0 fully saturated rings. The Bertz CT molecular complexity index is 1250. The predicted molar refractivity (Wildman–Crippen MR) is 103 cm³/mol. The number of ether oxygens (including phenoxy) is 1. The van der Waals surface area contributed by atoms with Crippen molar-refractivity contribution in [2.45, 2.75) is 6.42 Å². The average Bonchev–Trinajstić information content (AvgIpc) is 3.32. The zero-order valence-electron chi connectivity index (χ0n) is 14.8. The number of aromatic nitrogens is 6. The smallest absolute Gasteiger partial charge is 0.137 e. The topological polar surface area (TPSA) is 70.7 Å². The van der Waals surface area contributed by atoms with Gasteiger partial charge in [0.05, 0.1) is 42.3 Å². The first kappa shape index (κ1) is 16.5. The molecule has 8 heteroatoms. The Kier molecular flexibility index (Phi) is 3.85. The van der Waals surface area contributed by atoms with E-state index in [1.165, 1.54) is 0 Å². The molecule has 5 rings (SSSR count). The van der Waals surface area contributed by atoms with E-state index in [4.69, 9.17) is 16.3 Å². The third-order valence-electron chi connectivity index (χ3n) is 4.54. The predicted octanol–water partition coefficient (Wildman–Crippen LogP) is 2.81. The summed E-state index contributed by atoms with van der Waals surface area (Å²) in [7, 11) is 1.60. The molecule has 0 radical (unpaired) electrons. The lowest BCUT2D eigenvalue weighted by Gasteiger charge is -2.09. The van der Waals surface area contributed by atoms with E-state index in [2.05, 4.69) is 32.1 Å². The highest BCUT2D eigenvalue weighted by Crippen LogP contribution is 2.30. The molecule has 0 atom stereocenters. The third kappa shape index (κ3) is 2.71. The van der Waals surface area contributed by atoms with Crippen molar-refractivity contribution in [2.24, 2.45) is 0 Å². The normalized spacial score (nSPS) is 11.5. The zero-order chi connectivity index (χ0) is 19.1. The second kappa shape index (κ2) is 6.51. The van der Waals surface area contributed by atoms with Crippen molar-refractivity contribution in [3.63, 3.8) is 0 Å². The van der Waals surface area contributed by atoms with Gasteiger partial charge in [-0.1, -0.05) is 16.8 Å². The van der Waals surface area contributed by atoms with Crippen LogP contribution in [0.15, 0.2) is 49.1 Å². The van der Waals surface area contributed by atoms with E-state index in [1.54, 1.807) is 30.5 Å². The second-order valence-electron chi connectivity index (χ2n) is 6.19. The Balaban J connectivity index is 1.62. The Morgan fingerprint density at radius 2 is 2.00 bits per heavy atom. The van der Waals surface area contributed by atoms with Gasteiger partial charge in [-0.2, -0.15) is 0 Å². The van der Waals surface area contributed by atoms with E-state index in [0.717, 1.165) is 22.8 Å². The standard InChI is InChI=1S/C20H13ClN6O/c1-28-16-5-3-14(22-11-16)4-6-17-19-9-15-10-24-25-27(15)20-8-13(21)2-7-18(20)26(19)12-23-17/h2-3,5,7-8,10-12H,9H2,1H3. The summed E-state index contributed by atoms with van der Waals surface area (Å²) in [6, 6.07) is 9.31. The lowest BCUT2D eigenvalue weighted by Crippen LogP contribution is -2.03. The number of hydrogen-bond donors (Lipinski definition) is 0. The number of pyridine rings is 1. The highest BCUT2D eigenvalue weighted by molar-refractivity contribution is 6.30. The monoisotopic (exact) mass is 388 g/mol. The van der Waals surface area contributed by atoms with Crippen LogP contribution in [-0.4, -0.2) is 36.6 Å². The van der Waals surface area contributed by atoms with Crippen LogP contribution in [0.1, 0.15) is 22.8 Å². The second-order valence-corrected chi connectivity index (χ2v) is 6.63. The Morgan fingerprint density at radius 3 is 2.82 bits per heavy atom. The molecule has 0 spiro atoms. The fraction of sp³-hybridized carbons (Fsp3) is 0.100. The minimum absolute atomic E-state index is 0.597. The SMILES string of the molecule is COc1ccc(C#Cc2ncn3c2Cc2cnnn2-c2cc(Cl)ccc2-3)nc1. The van der Waals surface area contributed by atoms with Crippen molar-refractivity contribution < 1.29 is 4.74 Å². The van der Waals surface area contributed by atoms with Gasteiger partial charge in [-0.15, -0.1) is 5.10 Å². The summed E-state index contributed by atoms with van der Waals surface area (Å²) in [6.07, 6.45) is 5.75. The highest BCUT2D eigenvalue weighted by atomic mass is 35.5. The minimum atomic E-state index is 0.597. The first-order chi connectivity index (χ1) is 13.7. The molecule has 1 aromatic carbocycles. The molecule has 4 heterocycles. The van der Waals surface area contributed by atoms with Crippen LogP contribution in [0.3, 0.4) is 0 Å². The Morgan fingerprint density at radius 1 is 1.07 bits per heavy atom. The fourth-order valence-electron chi connectivity index (χ4n) is 3.17. The summed E-state index contributed by atoms with van der Waals surface area (Å²) in [5.74, 6) is 6.90. The van der Waals surface area contributed by atoms with Crippen LogP contribution in [0.25, 0.3) is 11.4 Å². The summed E-state index contributed by atoms with van der Waals surface area (Å²) < 4.78 is 8.95. The lowest BCUT2D eigenvalue weighted by atomic mass is 10.2. The number of hydrogen-bond acceptors (Lipinski definition) is 5. The minimum Gasteiger partial charge on any atom is -0.495 e. The maximum absolute atomic E-state index is 6.21. The molecule has 0 bridgehead atoms. The number of benzene rings is 1. The third-order valence-corrected chi connectivity index (χ3v) is 4.78. The van der Waals surface area contributed by atoms with Crippen LogP contribution in [0.5, 0.6) is 5.75 Å². The van der Waals surface area contributed by atoms with Gasteiger partial charge in [-0.25, -0.2) is 14.6 Å². The zero-order valence-corrected chi connectivity index (χ0v) is 15.6. The van der Waals surface area contributed by atoms with Crippen molar-refractivity contribution in [3.05, 3.63) is 76.9 Å². The van der Waals surface area contributed by atoms with Gasteiger partial charge in [0.15, 0.2) is 0 Å². The first-order valence-corrected chi connectivity index (χ1v) is 8.89. The van der Waals surface area contributed by atoms with Crippen LogP contribution >= 0.6 is 11.6 Å². The Hall–Kier alpha value is -3.63. The van der Waals surface area contributed by atoms with E-state index in [9.17, 15) is 0 Å². The maximum atomic E-state index is 6.21. The molecule has 0 saturated carbocycles. The van der Waals surface area contributed by atoms with Gasteiger partial charge in [0.2, 0.25) is 0 Å². The molecule has 136 valence electrons. The largest absolute Gasteiger partial charge is 0.495 e.